The van der Waals surface area contributed by atoms with Gasteiger partial charge in [-0.05, 0) is 53.1 Å². The van der Waals surface area contributed by atoms with Crippen LogP contribution in [0.4, 0.5) is 13.6 Å². The van der Waals surface area contributed by atoms with Gasteiger partial charge >= 0.3 is 6.03 Å². The van der Waals surface area contributed by atoms with Crippen molar-refractivity contribution in [1.29, 1.82) is 5.26 Å². The number of hydrogen-bond donors (Lipinski definition) is 1. The second-order valence-electron chi connectivity index (χ2n) is 8.81. The maximum Gasteiger partial charge on any atom is 0.326 e. The number of nitrogens with one attached hydrogen (secondary N) is 1. The quantitative estimate of drug-likeness (QED) is 0.346. The molecule has 0 fully saturated rings. The van der Waals surface area contributed by atoms with Crippen LogP contribution in [0, 0.1) is 23.1 Å². The van der Waals surface area contributed by atoms with E-state index in [2.05, 4.69) is 15.2 Å². The molecule has 0 atom stereocenters. The molecule has 0 bridgehead atoms. The first-order chi connectivity index (χ1) is 17.9. The summed E-state index contributed by atoms with van der Waals surface area (Å²) in [6.45, 7) is 2.17. The van der Waals surface area contributed by atoms with Crippen molar-refractivity contribution in [3.8, 4) is 6.07 Å². The first-order valence-corrected chi connectivity index (χ1v) is 12.1. The van der Waals surface area contributed by atoms with Crippen molar-refractivity contribution >= 4 is 34.6 Å². The molecule has 6 nitrogen and oxygen atoms in total. The Hall–Kier alpha value is -4.06. The van der Waals surface area contributed by atoms with Crippen molar-refractivity contribution in [3.63, 3.8) is 0 Å². The Bertz CT molecular complexity index is 1570. The summed E-state index contributed by atoms with van der Waals surface area (Å²) >= 11 is 6.28. The Morgan fingerprint density at radius 2 is 2.05 bits per heavy atom. The smallest absolute Gasteiger partial charge is 0.326 e. The molecule has 1 N–H and O–H groups in total. The van der Waals surface area contributed by atoms with Gasteiger partial charge < -0.3 is 5.32 Å². The third-order valence-electron chi connectivity index (χ3n) is 6.42. The molecule has 2 aromatic heterocycles. The summed E-state index contributed by atoms with van der Waals surface area (Å²) in [5.41, 5.74) is 4.02. The lowest BCUT2D eigenvalue weighted by Crippen LogP contribution is -2.34. The number of rotatable bonds is 5. The van der Waals surface area contributed by atoms with Crippen molar-refractivity contribution in [1.82, 2.24) is 19.8 Å². The van der Waals surface area contributed by atoms with Gasteiger partial charge in [0.25, 0.3) is 0 Å². The van der Waals surface area contributed by atoms with Gasteiger partial charge in [0.2, 0.25) is 5.95 Å². The monoisotopic (exact) mass is 517 g/mol. The Balaban J connectivity index is 1.35. The van der Waals surface area contributed by atoms with Crippen molar-refractivity contribution in [2.45, 2.75) is 19.5 Å². The number of carbonyl (C=O) groups excluding carboxylic acids is 1. The highest BCUT2D eigenvalue weighted by Crippen LogP contribution is 2.32. The number of amides is 1. The van der Waals surface area contributed by atoms with Crippen LogP contribution in [-0.2, 0) is 19.5 Å². The van der Waals surface area contributed by atoms with Gasteiger partial charge in [0.05, 0.1) is 11.1 Å². The highest BCUT2D eigenvalue weighted by atomic mass is 35.5. The number of aromatic nitrogens is 2. The lowest BCUT2D eigenvalue weighted by atomic mass is 10.0. The molecular formula is C28H22ClF2N5O. The van der Waals surface area contributed by atoms with Crippen LogP contribution in [-0.4, -0.2) is 33.6 Å². The lowest BCUT2D eigenvalue weighted by Gasteiger charge is -2.27. The summed E-state index contributed by atoms with van der Waals surface area (Å²) in [5.74, 6) is -1.13. The zero-order valence-electron chi connectivity index (χ0n) is 19.7. The molecule has 9 heteroatoms. The number of fused-ring (bicyclic) bond motifs is 3. The van der Waals surface area contributed by atoms with Gasteiger partial charge in [-0.2, -0.15) is 9.65 Å². The normalized spacial score (nSPS) is 13.6. The van der Waals surface area contributed by atoms with Crippen molar-refractivity contribution < 1.29 is 13.6 Å². The second-order valence-corrected chi connectivity index (χ2v) is 9.24. The van der Waals surface area contributed by atoms with E-state index in [0.29, 0.717) is 35.7 Å². The molecule has 186 valence electrons. The highest BCUT2D eigenvalue weighted by molar-refractivity contribution is 6.31. The zero-order chi connectivity index (χ0) is 25.9. The van der Waals surface area contributed by atoms with Gasteiger partial charge in [0.15, 0.2) is 0 Å². The van der Waals surface area contributed by atoms with Crippen LogP contribution in [0.15, 0.2) is 60.8 Å². The molecule has 37 heavy (non-hydrogen) atoms. The molecule has 1 aliphatic heterocycles. The Kier molecular flexibility index (Phi) is 6.99. The molecule has 2 aromatic carbocycles. The van der Waals surface area contributed by atoms with E-state index >= 15 is 0 Å². The predicted molar refractivity (Wildman–Crippen MR) is 138 cm³/mol. The van der Waals surface area contributed by atoms with E-state index in [-0.39, 0.29) is 18.1 Å². The van der Waals surface area contributed by atoms with Crippen LogP contribution in [0.25, 0.3) is 17.0 Å². The van der Waals surface area contributed by atoms with Gasteiger partial charge in [0.1, 0.15) is 11.9 Å². The molecule has 0 saturated carbocycles. The summed E-state index contributed by atoms with van der Waals surface area (Å²) in [6, 6.07) is 14.5. The fraction of sp³-hybridized carbons (Fsp3) is 0.179. The molecule has 1 amide bonds. The SMILES string of the molecule is N#Cc1ccc(C=CCN2CCc3c(c4ccc(Cl)cc4n3C(=O)NCc3ccnc(F)c3)C2)cc1F. The standard InChI is InChI=1S/C28H22ClF2N5O/c29-21-5-6-22-23-17-35(10-1-2-18-3-4-20(15-32)24(30)12-18)11-8-25(23)36(26(22)14-21)28(37)34-16-19-7-9-33-27(31)13-19/h1-7,9,12-14H,8,10-11,16-17H2,(H,34,37). The summed E-state index contributed by atoms with van der Waals surface area (Å²) in [5, 5.41) is 13.2. The van der Waals surface area contributed by atoms with E-state index in [1.165, 1.54) is 24.4 Å². The zero-order valence-corrected chi connectivity index (χ0v) is 20.5. The van der Waals surface area contributed by atoms with Crippen molar-refractivity contribution in [2.75, 3.05) is 13.1 Å². The maximum absolute atomic E-state index is 13.9. The van der Waals surface area contributed by atoms with Gasteiger partial charge in [-0.15, -0.1) is 0 Å². The van der Waals surface area contributed by atoms with Gasteiger partial charge in [-0.3, -0.25) is 9.47 Å². The van der Waals surface area contributed by atoms with Crippen LogP contribution in [0.5, 0.6) is 0 Å². The summed E-state index contributed by atoms with van der Waals surface area (Å²) in [6.07, 6.45) is 5.81. The van der Waals surface area contributed by atoms with Crippen molar-refractivity contribution in [3.05, 3.63) is 106 Å². The highest BCUT2D eigenvalue weighted by Gasteiger charge is 2.26. The molecule has 1 aliphatic rings. The molecule has 0 saturated heterocycles. The number of hydrogen-bond acceptors (Lipinski definition) is 4. The Labute approximate surface area is 217 Å². The molecule has 3 heterocycles. The summed E-state index contributed by atoms with van der Waals surface area (Å²) in [7, 11) is 0. The molecule has 0 aliphatic carbocycles. The molecule has 0 radical (unpaired) electrons. The number of nitrogens with zero attached hydrogens (tertiary/aromatic N) is 4. The maximum atomic E-state index is 13.9. The average Bonchev–Trinajstić information content (AvgIpc) is 3.20. The first-order valence-electron chi connectivity index (χ1n) is 11.7. The second kappa shape index (κ2) is 10.5. The van der Waals surface area contributed by atoms with Gasteiger partial charge in [-0.25, -0.2) is 14.2 Å². The number of carbonyl (C=O) groups is 1. The van der Waals surface area contributed by atoms with Crippen molar-refractivity contribution in [2.24, 2.45) is 0 Å². The summed E-state index contributed by atoms with van der Waals surface area (Å²) < 4.78 is 29.0. The fourth-order valence-electron chi connectivity index (χ4n) is 4.65. The topological polar surface area (TPSA) is 74.0 Å². The van der Waals surface area contributed by atoms with Crippen LogP contribution in [0.3, 0.4) is 0 Å². The molecule has 4 aromatic rings. The van der Waals surface area contributed by atoms with Gasteiger partial charge in [-0.1, -0.05) is 35.9 Å². The van der Waals surface area contributed by atoms with E-state index in [1.54, 1.807) is 22.8 Å². The third-order valence-corrected chi connectivity index (χ3v) is 6.65. The lowest BCUT2D eigenvalue weighted by molar-refractivity contribution is 0.240. The molecule has 0 unspecified atom stereocenters. The van der Waals surface area contributed by atoms with Crippen LogP contribution >= 0.6 is 11.6 Å². The molecule has 5 rings (SSSR count). The summed E-state index contributed by atoms with van der Waals surface area (Å²) in [4.78, 5) is 19.1. The molecular weight excluding hydrogens is 496 g/mol. The van der Waals surface area contributed by atoms with Gasteiger partial charge in [0, 0.05) is 54.9 Å². The average molecular weight is 518 g/mol. The largest absolute Gasteiger partial charge is 0.333 e. The number of halogens is 3. The first kappa shape index (κ1) is 24.6. The number of pyridine rings is 1. The number of benzene rings is 2. The Morgan fingerprint density at radius 3 is 2.84 bits per heavy atom. The van der Waals surface area contributed by atoms with E-state index in [9.17, 15) is 13.6 Å². The minimum atomic E-state index is -0.596. The molecule has 0 spiro atoms. The minimum Gasteiger partial charge on any atom is -0.333 e. The van der Waals surface area contributed by atoms with E-state index in [1.807, 2.05) is 30.4 Å². The predicted octanol–water partition coefficient (Wildman–Crippen LogP) is 5.67. The fourth-order valence-corrected chi connectivity index (χ4v) is 4.81. The van der Waals surface area contributed by atoms with E-state index in [4.69, 9.17) is 16.9 Å². The Morgan fingerprint density at radius 1 is 1.19 bits per heavy atom. The number of nitriles is 1. The van der Waals surface area contributed by atoms with Crippen LogP contribution < -0.4 is 5.32 Å². The van der Waals surface area contributed by atoms with Crippen LogP contribution in [0.1, 0.15) is 27.9 Å². The van der Waals surface area contributed by atoms with E-state index in [0.717, 1.165) is 28.7 Å². The third kappa shape index (κ3) is 5.24. The minimum absolute atomic E-state index is 0.0224. The van der Waals surface area contributed by atoms with E-state index < -0.39 is 11.8 Å². The van der Waals surface area contributed by atoms with Crippen LogP contribution in [0.2, 0.25) is 5.02 Å².